The molecule has 0 aliphatic carbocycles. The molecule has 7 nitrogen and oxygen atoms in total. The molecular formula is C22H25N5O2. The van der Waals surface area contributed by atoms with Crippen LogP contribution in [0.2, 0.25) is 0 Å². The number of methoxy groups -OCH3 is 1. The number of hydrogen-bond acceptors (Lipinski definition) is 6. The van der Waals surface area contributed by atoms with E-state index < -0.39 is 0 Å². The van der Waals surface area contributed by atoms with E-state index in [-0.39, 0.29) is 0 Å². The van der Waals surface area contributed by atoms with Crippen molar-refractivity contribution < 1.29 is 9.47 Å². The molecule has 4 heterocycles. The quantitative estimate of drug-likeness (QED) is 0.683. The van der Waals surface area contributed by atoms with Crippen LogP contribution in [-0.4, -0.2) is 46.6 Å². The highest BCUT2D eigenvalue weighted by Gasteiger charge is 2.28. The summed E-state index contributed by atoms with van der Waals surface area (Å²) in [6, 6.07) is 12.3. The lowest BCUT2D eigenvalue weighted by atomic mass is 9.95. The van der Waals surface area contributed by atoms with E-state index in [0.717, 1.165) is 61.3 Å². The van der Waals surface area contributed by atoms with Crippen LogP contribution in [0, 0.1) is 0 Å². The highest BCUT2D eigenvalue weighted by molar-refractivity contribution is 5.48. The highest BCUT2D eigenvalue weighted by Crippen LogP contribution is 2.33. The number of nitrogens with zero attached hydrogens (tertiary/aromatic N) is 5. The van der Waals surface area contributed by atoms with Gasteiger partial charge in [0.25, 0.3) is 0 Å². The van der Waals surface area contributed by atoms with E-state index in [2.05, 4.69) is 42.8 Å². The molecule has 5 rings (SSSR count). The van der Waals surface area contributed by atoms with Gasteiger partial charge in [-0.1, -0.05) is 6.07 Å². The van der Waals surface area contributed by atoms with Crippen molar-refractivity contribution in [1.82, 2.24) is 19.7 Å². The van der Waals surface area contributed by atoms with Crippen LogP contribution in [0.3, 0.4) is 0 Å². The molecule has 1 aromatic carbocycles. The van der Waals surface area contributed by atoms with Gasteiger partial charge in [-0.3, -0.25) is 4.57 Å². The molecule has 0 N–H and O–H groups in total. The van der Waals surface area contributed by atoms with E-state index in [1.165, 1.54) is 5.56 Å². The summed E-state index contributed by atoms with van der Waals surface area (Å²) in [5, 5.41) is 9.09. The predicted molar refractivity (Wildman–Crippen MR) is 110 cm³/mol. The van der Waals surface area contributed by atoms with Crippen molar-refractivity contribution in [2.24, 2.45) is 0 Å². The van der Waals surface area contributed by atoms with Crippen molar-refractivity contribution in [1.29, 1.82) is 0 Å². The molecule has 7 heteroatoms. The zero-order valence-electron chi connectivity index (χ0n) is 16.6. The number of hydrogen-bond donors (Lipinski definition) is 0. The fourth-order valence-corrected chi connectivity index (χ4v) is 4.31. The van der Waals surface area contributed by atoms with Gasteiger partial charge in [-0.25, -0.2) is 4.98 Å². The van der Waals surface area contributed by atoms with Crippen molar-refractivity contribution >= 4 is 5.82 Å². The summed E-state index contributed by atoms with van der Waals surface area (Å²) in [6.07, 6.45) is 4.76. The first-order valence-corrected chi connectivity index (χ1v) is 10.2. The SMILES string of the molecule is COc1ccc2c(c1)CCOCc1nnc(C3CCN(c4ccccn4)CC3)n1-2. The lowest BCUT2D eigenvalue weighted by Crippen LogP contribution is -2.34. The number of rotatable bonds is 3. The maximum atomic E-state index is 5.83. The van der Waals surface area contributed by atoms with Crippen LogP contribution in [0.25, 0.3) is 5.69 Å². The Bertz CT molecular complexity index is 980. The summed E-state index contributed by atoms with van der Waals surface area (Å²) >= 11 is 0. The van der Waals surface area contributed by atoms with Gasteiger partial charge < -0.3 is 14.4 Å². The minimum absolute atomic E-state index is 0.366. The van der Waals surface area contributed by atoms with Gasteiger partial charge in [0.15, 0.2) is 5.82 Å². The maximum Gasteiger partial charge on any atom is 0.163 e. The Kier molecular flexibility index (Phi) is 4.89. The van der Waals surface area contributed by atoms with E-state index in [9.17, 15) is 0 Å². The molecule has 2 aliphatic rings. The van der Waals surface area contributed by atoms with Gasteiger partial charge in [0.05, 0.1) is 19.4 Å². The summed E-state index contributed by atoms with van der Waals surface area (Å²) in [4.78, 5) is 6.84. The Morgan fingerprint density at radius 2 is 2.00 bits per heavy atom. The fraction of sp³-hybridized carbons (Fsp3) is 0.409. The second kappa shape index (κ2) is 7.83. The summed E-state index contributed by atoms with van der Waals surface area (Å²) < 4.78 is 13.5. The number of aromatic nitrogens is 4. The van der Waals surface area contributed by atoms with E-state index in [4.69, 9.17) is 9.47 Å². The number of piperidine rings is 1. The Labute approximate surface area is 170 Å². The molecular weight excluding hydrogens is 366 g/mol. The van der Waals surface area contributed by atoms with Crippen LogP contribution >= 0.6 is 0 Å². The lowest BCUT2D eigenvalue weighted by Gasteiger charge is -2.32. The molecule has 0 amide bonds. The average Bonchev–Trinajstić information content (AvgIpc) is 3.18. The fourth-order valence-electron chi connectivity index (χ4n) is 4.31. The molecule has 29 heavy (non-hydrogen) atoms. The molecule has 150 valence electrons. The van der Waals surface area contributed by atoms with Crippen molar-refractivity contribution in [3.8, 4) is 11.4 Å². The van der Waals surface area contributed by atoms with Gasteiger partial charge in [0.2, 0.25) is 0 Å². The molecule has 0 bridgehead atoms. The predicted octanol–water partition coefficient (Wildman–Crippen LogP) is 3.13. The second-order valence-electron chi connectivity index (χ2n) is 7.56. The Morgan fingerprint density at radius 1 is 1.10 bits per heavy atom. The van der Waals surface area contributed by atoms with Crippen molar-refractivity contribution in [3.05, 3.63) is 59.8 Å². The summed E-state index contributed by atoms with van der Waals surface area (Å²) in [5.74, 6) is 4.19. The number of anilines is 1. The second-order valence-corrected chi connectivity index (χ2v) is 7.56. The first-order valence-electron chi connectivity index (χ1n) is 10.2. The van der Waals surface area contributed by atoms with Gasteiger partial charge >= 0.3 is 0 Å². The van der Waals surface area contributed by atoms with Gasteiger partial charge in [-0.2, -0.15) is 0 Å². The maximum absolute atomic E-state index is 5.83. The molecule has 0 unspecified atom stereocenters. The molecule has 0 atom stereocenters. The zero-order valence-corrected chi connectivity index (χ0v) is 16.6. The first kappa shape index (κ1) is 18.1. The third kappa shape index (κ3) is 3.46. The minimum atomic E-state index is 0.366. The van der Waals surface area contributed by atoms with Crippen LogP contribution < -0.4 is 9.64 Å². The van der Waals surface area contributed by atoms with Crippen LogP contribution in [0.15, 0.2) is 42.6 Å². The Morgan fingerprint density at radius 3 is 2.79 bits per heavy atom. The Hall–Kier alpha value is -2.93. The van der Waals surface area contributed by atoms with Crippen LogP contribution in [0.5, 0.6) is 5.75 Å². The summed E-state index contributed by atoms with van der Waals surface area (Å²) in [5.41, 5.74) is 2.36. The molecule has 0 spiro atoms. The van der Waals surface area contributed by atoms with Gasteiger partial charge in [-0.05, 0) is 55.2 Å². The van der Waals surface area contributed by atoms with Crippen LogP contribution in [0.4, 0.5) is 5.82 Å². The smallest absolute Gasteiger partial charge is 0.163 e. The van der Waals surface area contributed by atoms with Crippen molar-refractivity contribution in [2.75, 3.05) is 31.7 Å². The molecule has 0 radical (unpaired) electrons. The highest BCUT2D eigenvalue weighted by atomic mass is 16.5. The summed E-state index contributed by atoms with van der Waals surface area (Å²) in [7, 11) is 1.70. The lowest BCUT2D eigenvalue weighted by molar-refractivity contribution is 0.115. The molecule has 1 fully saturated rings. The summed E-state index contributed by atoms with van der Waals surface area (Å²) in [6.45, 7) is 3.10. The number of ether oxygens (including phenoxy) is 2. The monoisotopic (exact) mass is 391 g/mol. The third-order valence-corrected chi connectivity index (χ3v) is 5.86. The average molecular weight is 391 g/mol. The first-order chi connectivity index (χ1) is 14.3. The molecule has 2 aliphatic heterocycles. The van der Waals surface area contributed by atoms with Crippen molar-refractivity contribution in [3.63, 3.8) is 0 Å². The number of fused-ring (bicyclic) bond motifs is 3. The number of pyridine rings is 1. The van der Waals surface area contributed by atoms with Crippen molar-refractivity contribution in [2.45, 2.75) is 31.8 Å². The topological polar surface area (TPSA) is 65.3 Å². The number of benzene rings is 1. The standard InChI is InChI=1S/C22H25N5O2/c1-28-18-5-6-19-17(14-18)9-13-29-15-21-24-25-22(27(19)21)16-7-11-26(12-8-16)20-4-2-3-10-23-20/h2-6,10,14,16H,7-9,11-13,15H2,1H3. The molecule has 2 aromatic heterocycles. The van der Waals surface area contributed by atoms with E-state index in [1.54, 1.807) is 7.11 Å². The van der Waals surface area contributed by atoms with Gasteiger partial charge in [0.1, 0.15) is 24.0 Å². The molecule has 3 aromatic rings. The van der Waals surface area contributed by atoms with E-state index >= 15 is 0 Å². The normalized spacial score (nSPS) is 17.2. The molecule has 0 saturated carbocycles. The Balaban J connectivity index is 1.45. The van der Waals surface area contributed by atoms with E-state index in [0.29, 0.717) is 19.1 Å². The third-order valence-electron chi connectivity index (χ3n) is 5.86. The minimum Gasteiger partial charge on any atom is -0.497 e. The van der Waals surface area contributed by atoms with E-state index in [1.807, 2.05) is 24.4 Å². The van der Waals surface area contributed by atoms with Crippen LogP contribution in [0.1, 0.15) is 36.0 Å². The van der Waals surface area contributed by atoms with Gasteiger partial charge in [-0.15, -0.1) is 10.2 Å². The molecule has 1 saturated heterocycles. The zero-order chi connectivity index (χ0) is 19.6. The van der Waals surface area contributed by atoms with Crippen LogP contribution in [-0.2, 0) is 17.8 Å². The largest absolute Gasteiger partial charge is 0.497 e. The van der Waals surface area contributed by atoms with Gasteiger partial charge in [0, 0.05) is 25.2 Å².